The first-order chi connectivity index (χ1) is 15.0. The van der Waals surface area contributed by atoms with Gasteiger partial charge in [0.25, 0.3) is 10.0 Å². The van der Waals surface area contributed by atoms with Gasteiger partial charge >= 0.3 is 6.18 Å². The van der Waals surface area contributed by atoms with Gasteiger partial charge in [0.2, 0.25) is 0 Å². The largest absolute Gasteiger partial charge is 0.482 e. The Labute approximate surface area is 182 Å². The molecule has 0 radical (unpaired) electrons. The van der Waals surface area contributed by atoms with Crippen molar-refractivity contribution in [2.24, 2.45) is 0 Å². The number of halogens is 4. The normalized spacial score (nSPS) is 16.0. The van der Waals surface area contributed by atoms with Crippen molar-refractivity contribution in [2.75, 3.05) is 44.7 Å². The third-order valence-corrected chi connectivity index (χ3v) is 7.03. The summed E-state index contributed by atoms with van der Waals surface area (Å²) >= 11 is 0. The molecule has 6 nitrogen and oxygen atoms in total. The van der Waals surface area contributed by atoms with E-state index in [2.05, 4.69) is 4.90 Å². The molecule has 0 atom stereocenters. The van der Waals surface area contributed by atoms with E-state index in [0.29, 0.717) is 31.6 Å². The van der Waals surface area contributed by atoms with Crippen molar-refractivity contribution in [3.05, 3.63) is 54.5 Å². The van der Waals surface area contributed by atoms with E-state index in [1.54, 1.807) is 11.0 Å². The molecule has 0 spiro atoms. The van der Waals surface area contributed by atoms with Gasteiger partial charge < -0.3 is 14.5 Å². The molecule has 0 bridgehead atoms. The van der Waals surface area contributed by atoms with E-state index in [9.17, 15) is 26.0 Å². The third kappa shape index (κ3) is 4.53. The minimum Gasteiger partial charge on any atom is -0.482 e. The lowest BCUT2D eigenvalue weighted by Crippen LogP contribution is -2.44. The van der Waals surface area contributed by atoms with E-state index in [1.807, 2.05) is 7.05 Å². The molecule has 1 aliphatic rings. The fraction of sp³-hybridized carbons (Fsp3) is 0.333. The monoisotopic (exact) mass is 471 g/mol. The van der Waals surface area contributed by atoms with Crippen LogP contribution in [0.5, 0.6) is 5.75 Å². The van der Waals surface area contributed by atoms with Gasteiger partial charge in [0.05, 0.1) is 16.1 Å². The predicted octanol–water partition coefficient (Wildman–Crippen LogP) is 3.71. The molecule has 32 heavy (non-hydrogen) atoms. The number of anilines is 1. The lowest BCUT2D eigenvalue weighted by Gasteiger charge is -2.35. The van der Waals surface area contributed by atoms with Gasteiger partial charge in [0.15, 0.2) is 6.61 Å². The number of alkyl halides is 3. The van der Waals surface area contributed by atoms with Gasteiger partial charge in [-0.25, -0.2) is 16.8 Å². The second kappa shape index (κ2) is 8.28. The standard InChI is InChI=1S/C21H21F4N3O3S/c1-26-8-10-27(11-9-26)19-13-17(4-5-20(19)31-14-21(23,24)25)32(29,30)28-7-6-15-2-3-16(22)12-18(15)28/h2-7,12-13H,8-11,14H2,1H3. The summed E-state index contributed by atoms with van der Waals surface area (Å²) < 4.78 is 84.5. The van der Waals surface area contributed by atoms with Crippen molar-refractivity contribution in [2.45, 2.75) is 11.1 Å². The Hall–Kier alpha value is -2.79. The predicted molar refractivity (Wildman–Crippen MR) is 112 cm³/mol. The Morgan fingerprint density at radius 3 is 2.41 bits per heavy atom. The van der Waals surface area contributed by atoms with Gasteiger partial charge in [-0.3, -0.25) is 0 Å². The van der Waals surface area contributed by atoms with Crippen LogP contribution in [0.25, 0.3) is 10.9 Å². The third-order valence-electron chi connectivity index (χ3n) is 5.34. The van der Waals surface area contributed by atoms with Crippen molar-refractivity contribution < 1.29 is 30.7 Å². The van der Waals surface area contributed by atoms with Gasteiger partial charge in [-0.2, -0.15) is 13.2 Å². The smallest absolute Gasteiger partial charge is 0.422 e. The zero-order chi connectivity index (χ0) is 23.1. The van der Waals surface area contributed by atoms with Crippen LogP contribution in [-0.2, 0) is 10.0 Å². The molecule has 0 unspecified atom stereocenters. The summed E-state index contributed by atoms with van der Waals surface area (Å²) in [4.78, 5) is 3.74. The molecule has 3 aromatic rings. The maximum absolute atomic E-state index is 13.7. The first-order valence-corrected chi connectivity index (χ1v) is 11.3. The topological polar surface area (TPSA) is 54.8 Å². The van der Waals surface area contributed by atoms with Gasteiger partial charge in [-0.1, -0.05) is 0 Å². The van der Waals surface area contributed by atoms with Crippen molar-refractivity contribution in [3.8, 4) is 5.75 Å². The molecule has 2 heterocycles. The number of aromatic nitrogens is 1. The Morgan fingerprint density at radius 1 is 1.00 bits per heavy atom. The van der Waals surface area contributed by atoms with E-state index in [1.165, 1.54) is 36.5 Å². The highest BCUT2D eigenvalue weighted by atomic mass is 32.2. The molecule has 0 saturated carbocycles. The Morgan fingerprint density at radius 2 is 1.72 bits per heavy atom. The van der Waals surface area contributed by atoms with Crippen LogP contribution in [0, 0.1) is 5.82 Å². The molecule has 11 heteroatoms. The molecule has 1 aromatic heterocycles. The maximum Gasteiger partial charge on any atom is 0.422 e. The van der Waals surface area contributed by atoms with Crippen LogP contribution in [0.4, 0.5) is 23.2 Å². The number of hydrogen-bond acceptors (Lipinski definition) is 5. The van der Waals surface area contributed by atoms with Crippen LogP contribution < -0.4 is 9.64 Å². The highest BCUT2D eigenvalue weighted by molar-refractivity contribution is 7.90. The average molecular weight is 471 g/mol. The molecule has 0 aliphatic carbocycles. The number of piperazine rings is 1. The molecule has 1 aliphatic heterocycles. The Kier molecular flexibility index (Phi) is 5.80. The van der Waals surface area contributed by atoms with Gasteiger partial charge in [0, 0.05) is 37.8 Å². The summed E-state index contributed by atoms with van der Waals surface area (Å²) in [6.07, 6.45) is -3.21. The lowest BCUT2D eigenvalue weighted by atomic mass is 10.2. The molecule has 1 saturated heterocycles. The fourth-order valence-corrected chi connectivity index (χ4v) is 5.00. The minimum absolute atomic E-state index is 0.0470. The molecule has 1 fully saturated rings. The Balaban J connectivity index is 1.76. The SMILES string of the molecule is CN1CCN(c2cc(S(=O)(=O)n3ccc4ccc(F)cc43)ccc2OCC(F)(F)F)CC1. The number of fused-ring (bicyclic) bond motifs is 1. The highest BCUT2D eigenvalue weighted by Crippen LogP contribution is 2.34. The van der Waals surface area contributed by atoms with Crippen LogP contribution in [0.15, 0.2) is 53.6 Å². The first kappa shape index (κ1) is 22.4. The van der Waals surface area contributed by atoms with E-state index in [0.717, 1.165) is 10.0 Å². The van der Waals surface area contributed by atoms with Gasteiger partial charge in [-0.15, -0.1) is 0 Å². The molecule has 4 rings (SSSR count). The van der Waals surface area contributed by atoms with E-state index in [4.69, 9.17) is 4.74 Å². The van der Waals surface area contributed by atoms with Crippen molar-refractivity contribution in [1.29, 1.82) is 0 Å². The van der Waals surface area contributed by atoms with Crippen molar-refractivity contribution in [1.82, 2.24) is 8.87 Å². The van der Waals surface area contributed by atoms with Crippen LogP contribution in [0.2, 0.25) is 0 Å². The number of rotatable bonds is 5. The number of likely N-dealkylation sites (N-methyl/N-ethyl adjacent to an activating group) is 1. The molecule has 0 amide bonds. The van der Waals surface area contributed by atoms with Gasteiger partial charge in [0.1, 0.15) is 11.6 Å². The highest BCUT2D eigenvalue weighted by Gasteiger charge is 2.30. The van der Waals surface area contributed by atoms with E-state index in [-0.39, 0.29) is 21.8 Å². The zero-order valence-electron chi connectivity index (χ0n) is 17.1. The molecular formula is C21H21F4N3O3S. The lowest BCUT2D eigenvalue weighted by molar-refractivity contribution is -0.153. The second-order valence-corrected chi connectivity index (χ2v) is 9.46. The van der Waals surface area contributed by atoms with Crippen molar-refractivity contribution >= 4 is 26.6 Å². The second-order valence-electron chi connectivity index (χ2n) is 7.64. The quantitative estimate of drug-likeness (QED) is 0.531. The van der Waals surface area contributed by atoms with Crippen LogP contribution in [0.3, 0.4) is 0 Å². The number of nitrogens with zero attached hydrogens (tertiary/aromatic N) is 3. The van der Waals surface area contributed by atoms with Crippen LogP contribution >= 0.6 is 0 Å². The first-order valence-electron chi connectivity index (χ1n) is 9.84. The summed E-state index contributed by atoms with van der Waals surface area (Å²) in [6.45, 7) is 0.843. The summed E-state index contributed by atoms with van der Waals surface area (Å²) in [5, 5.41) is 0.541. The average Bonchev–Trinajstić information content (AvgIpc) is 3.16. The zero-order valence-corrected chi connectivity index (χ0v) is 18.0. The van der Waals surface area contributed by atoms with Crippen LogP contribution in [0.1, 0.15) is 0 Å². The minimum atomic E-state index is -4.53. The number of benzene rings is 2. The summed E-state index contributed by atoms with van der Waals surface area (Å²) in [5.74, 6) is -0.629. The molecular weight excluding hydrogens is 450 g/mol. The molecule has 0 N–H and O–H groups in total. The molecule has 172 valence electrons. The van der Waals surface area contributed by atoms with E-state index >= 15 is 0 Å². The van der Waals surface area contributed by atoms with Crippen LogP contribution in [-0.4, -0.2) is 63.3 Å². The van der Waals surface area contributed by atoms with Crippen molar-refractivity contribution in [3.63, 3.8) is 0 Å². The fourth-order valence-electron chi connectivity index (χ4n) is 3.63. The number of ether oxygens (including phenoxy) is 1. The summed E-state index contributed by atoms with van der Waals surface area (Å²) in [6, 6.07) is 9.13. The summed E-state index contributed by atoms with van der Waals surface area (Å²) in [7, 11) is -2.21. The van der Waals surface area contributed by atoms with Gasteiger partial charge in [-0.05, 0) is 49.5 Å². The van der Waals surface area contributed by atoms with E-state index < -0.39 is 28.6 Å². The Bertz CT molecular complexity index is 1230. The maximum atomic E-state index is 13.7. The summed E-state index contributed by atoms with van der Waals surface area (Å²) in [5.41, 5.74) is 0.439. The molecule has 2 aromatic carbocycles. The number of hydrogen-bond donors (Lipinski definition) is 0.